The van der Waals surface area contributed by atoms with Crippen LogP contribution >= 0.6 is 0 Å². The number of rotatable bonds is 3. The fourth-order valence-corrected chi connectivity index (χ4v) is 4.00. The standard InChI is InChI=1S/C22H24N2O/c1-22(2)12-18-20(19(25)13-22)21(16-10-6-7-11-17(16)24-18)23-14-15-8-4-3-5-9-15/h3-11,19,25H,12-14H2,1-2H3,(H,23,24)/p+1/t19-/m1/s1. The van der Waals surface area contributed by atoms with Gasteiger partial charge < -0.3 is 10.4 Å². The predicted octanol–water partition coefficient (Wildman–Crippen LogP) is 4.27. The second kappa shape index (κ2) is 6.16. The van der Waals surface area contributed by atoms with E-state index in [-0.39, 0.29) is 5.41 Å². The van der Waals surface area contributed by atoms with Crippen molar-refractivity contribution in [3.63, 3.8) is 0 Å². The summed E-state index contributed by atoms with van der Waals surface area (Å²) in [6, 6.07) is 18.7. The van der Waals surface area contributed by atoms with Crippen LogP contribution in [0, 0.1) is 5.41 Å². The first-order valence-corrected chi connectivity index (χ1v) is 8.96. The number of hydrogen-bond acceptors (Lipinski definition) is 2. The first-order chi connectivity index (χ1) is 12.0. The number of aromatic amines is 1. The molecule has 4 rings (SSSR count). The minimum Gasteiger partial charge on any atom is -0.388 e. The van der Waals surface area contributed by atoms with E-state index in [2.05, 4.69) is 72.7 Å². The Bertz CT molecular complexity index is 903. The molecule has 3 N–H and O–H groups in total. The van der Waals surface area contributed by atoms with Gasteiger partial charge in [0, 0.05) is 19.0 Å². The zero-order valence-corrected chi connectivity index (χ0v) is 14.8. The zero-order chi connectivity index (χ0) is 17.4. The molecule has 0 fully saturated rings. The maximum atomic E-state index is 10.9. The van der Waals surface area contributed by atoms with Gasteiger partial charge in [0.25, 0.3) is 0 Å². The van der Waals surface area contributed by atoms with Gasteiger partial charge in [-0.3, -0.25) is 0 Å². The number of para-hydroxylation sites is 1. The first-order valence-electron chi connectivity index (χ1n) is 8.96. The van der Waals surface area contributed by atoms with Gasteiger partial charge in [-0.1, -0.05) is 56.3 Å². The van der Waals surface area contributed by atoms with E-state index in [9.17, 15) is 5.11 Å². The van der Waals surface area contributed by atoms with Gasteiger partial charge in [-0.25, -0.2) is 4.98 Å². The van der Waals surface area contributed by atoms with E-state index >= 15 is 0 Å². The monoisotopic (exact) mass is 333 g/mol. The summed E-state index contributed by atoms with van der Waals surface area (Å²) in [6.45, 7) is 5.19. The molecule has 0 spiro atoms. The normalized spacial score (nSPS) is 18.8. The highest BCUT2D eigenvalue weighted by Crippen LogP contribution is 2.43. The number of anilines is 1. The van der Waals surface area contributed by atoms with E-state index in [1.165, 1.54) is 5.56 Å². The number of H-pyrrole nitrogens is 1. The Morgan fingerprint density at radius 2 is 1.80 bits per heavy atom. The summed E-state index contributed by atoms with van der Waals surface area (Å²) in [7, 11) is 0. The van der Waals surface area contributed by atoms with Crippen LogP contribution in [0.25, 0.3) is 10.9 Å². The molecule has 1 aliphatic rings. The fraction of sp³-hybridized carbons (Fsp3) is 0.318. The van der Waals surface area contributed by atoms with Gasteiger partial charge in [0.2, 0.25) is 5.52 Å². The lowest BCUT2D eigenvalue weighted by atomic mass is 9.74. The van der Waals surface area contributed by atoms with E-state index in [0.29, 0.717) is 0 Å². The molecular formula is C22H25N2O+. The largest absolute Gasteiger partial charge is 0.388 e. The second-order valence-electron chi connectivity index (χ2n) is 7.84. The molecule has 3 aromatic rings. The lowest BCUT2D eigenvalue weighted by molar-refractivity contribution is -0.362. The Morgan fingerprint density at radius 3 is 2.60 bits per heavy atom. The van der Waals surface area contributed by atoms with Crippen LogP contribution in [0.1, 0.15) is 43.2 Å². The molecule has 0 saturated heterocycles. The molecule has 0 unspecified atom stereocenters. The molecule has 2 aromatic carbocycles. The Kier molecular flexibility index (Phi) is 3.97. The van der Waals surface area contributed by atoms with Crippen molar-refractivity contribution in [1.29, 1.82) is 0 Å². The number of aliphatic hydroxyl groups excluding tert-OH is 1. The highest BCUT2D eigenvalue weighted by atomic mass is 16.3. The molecule has 1 aliphatic carbocycles. The zero-order valence-electron chi connectivity index (χ0n) is 14.8. The number of hydrogen-bond donors (Lipinski definition) is 2. The van der Waals surface area contributed by atoms with Gasteiger partial charge >= 0.3 is 0 Å². The van der Waals surface area contributed by atoms with Crippen LogP contribution in [-0.4, -0.2) is 5.11 Å². The summed E-state index contributed by atoms with van der Waals surface area (Å²) in [5, 5.41) is 15.6. The van der Waals surface area contributed by atoms with Crippen LogP contribution in [0.5, 0.6) is 0 Å². The fourth-order valence-electron chi connectivity index (χ4n) is 4.00. The van der Waals surface area contributed by atoms with Crippen molar-refractivity contribution in [3.8, 4) is 0 Å². The smallest absolute Gasteiger partial charge is 0.213 e. The Hall–Kier alpha value is -2.39. The van der Waals surface area contributed by atoms with Crippen molar-refractivity contribution in [2.45, 2.75) is 39.3 Å². The number of benzene rings is 2. The summed E-state index contributed by atoms with van der Waals surface area (Å²) in [6.07, 6.45) is 1.29. The van der Waals surface area contributed by atoms with E-state index in [1.54, 1.807) is 0 Å². The summed E-state index contributed by atoms with van der Waals surface area (Å²) in [4.78, 5) is 3.57. The van der Waals surface area contributed by atoms with E-state index < -0.39 is 6.10 Å². The summed E-state index contributed by atoms with van der Waals surface area (Å²) in [5.74, 6) is 0. The SMILES string of the molecule is CC1(C)Cc2[nH+]c3ccccc3c(NCc3ccccc3)c2[C@H](O)C1. The van der Waals surface area contributed by atoms with Crippen LogP contribution < -0.4 is 10.3 Å². The quantitative estimate of drug-likeness (QED) is 0.752. The van der Waals surface area contributed by atoms with Crippen LogP contribution in [-0.2, 0) is 13.0 Å². The predicted molar refractivity (Wildman–Crippen MR) is 101 cm³/mol. The average Bonchev–Trinajstić information content (AvgIpc) is 2.58. The molecular weight excluding hydrogens is 308 g/mol. The van der Waals surface area contributed by atoms with Gasteiger partial charge in [-0.2, -0.15) is 0 Å². The third-order valence-electron chi connectivity index (χ3n) is 5.12. The molecule has 1 heterocycles. The molecule has 0 aliphatic heterocycles. The van der Waals surface area contributed by atoms with Crippen LogP contribution in [0.2, 0.25) is 0 Å². The highest BCUT2D eigenvalue weighted by molar-refractivity contribution is 5.91. The number of nitrogens with one attached hydrogen (secondary N) is 2. The van der Waals surface area contributed by atoms with Crippen molar-refractivity contribution in [2.24, 2.45) is 5.41 Å². The lowest BCUT2D eigenvalue weighted by Gasteiger charge is -2.33. The lowest BCUT2D eigenvalue weighted by Crippen LogP contribution is -2.32. The number of aliphatic hydroxyl groups is 1. The molecule has 1 aromatic heterocycles. The topological polar surface area (TPSA) is 46.4 Å². The Labute approximate surface area is 148 Å². The Balaban J connectivity index is 1.82. The van der Waals surface area contributed by atoms with E-state index in [4.69, 9.17) is 0 Å². The van der Waals surface area contributed by atoms with Crippen molar-refractivity contribution < 1.29 is 10.1 Å². The number of aromatic nitrogens is 1. The minimum atomic E-state index is -0.446. The first kappa shape index (κ1) is 16.1. The van der Waals surface area contributed by atoms with Crippen molar-refractivity contribution in [1.82, 2.24) is 0 Å². The second-order valence-corrected chi connectivity index (χ2v) is 7.84. The van der Waals surface area contributed by atoms with E-state index in [1.807, 2.05) is 6.07 Å². The molecule has 0 bridgehead atoms. The molecule has 3 nitrogen and oxygen atoms in total. The molecule has 0 amide bonds. The van der Waals surface area contributed by atoms with Gasteiger partial charge in [0.15, 0.2) is 5.69 Å². The maximum Gasteiger partial charge on any atom is 0.213 e. The molecule has 0 saturated carbocycles. The molecule has 1 atom stereocenters. The average molecular weight is 333 g/mol. The van der Waals surface area contributed by atoms with Crippen molar-refractivity contribution in [2.75, 3.05) is 5.32 Å². The molecule has 25 heavy (non-hydrogen) atoms. The molecule has 3 heteroatoms. The summed E-state index contributed by atoms with van der Waals surface area (Å²) in [5.41, 5.74) is 5.70. The summed E-state index contributed by atoms with van der Waals surface area (Å²) < 4.78 is 0. The van der Waals surface area contributed by atoms with Gasteiger partial charge in [-0.15, -0.1) is 0 Å². The van der Waals surface area contributed by atoms with Gasteiger partial charge in [0.05, 0.1) is 22.7 Å². The van der Waals surface area contributed by atoms with E-state index in [0.717, 1.165) is 47.2 Å². The molecule has 128 valence electrons. The maximum absolute atomic E-state index is 10.9. The summed E-state index contributed by atoms with van der Waals surface area (Å²) >= 11 is 0. The highest BCUT2D eigenvalue weighted by Gasteiger charge is 2.37. The third kappa shape index (κ3) is 3.12. The van der Waals surface area contributed by atoms with Crippen LogP contribution in [0.4, 0.5) is 5.69 Å². The van der Waals surface area contributed by atoms with Gasteiger partial charge in [-0.05, 0) is 23.5 Å². The third-order valence-corrected chi connectivity index (χ3v) is 5.12. The molecule has 0 radical (unpaired) electrons. The number of pyridine rings is 1. The Morgan fingerprint density at radius 1 is 1.08 bits per heavy atom. The number of fused-ring (bicyclic) bond motifs is 2. The van der Waals surface area contributed by atoms with Crippen molar-refractivity contribution in [3.05, 3.63) is 71.4 Å². The van der Waals surface area contributed by atoms with Crippen LogP contribution in [0.3, 0.4) is 0 Å². The van der Waals surface area contributed by atoms with Crippen molar-refractivity contribution >= 4 is 16.6 Å². The van der Waals surface area contributed by atoms with Gasteiger partial charge in [0.1, 0.15) is 0 Å². The minimum absolute atomic E-state index is 0.0993. The van der Waals surface area contributed by atoms with Crippen LogP contribution in [0.15, 0.2) is 54.6 Å².